The Balaban J connectivity index is 1.85. The number of sulfonamides is 1. The van der Waals surface area contributed by atoms with Crippen LogP contribution in [0.4, 0.5) is 10.1 Å². The van der Waals surface area contributed by atoms with Gasteiger partial charge in [-0.25, -0.2) is 12.8 Å². The van der Waals surface area contributed by atoms with Crippen LogP contribution in [0.5, 0.6) is 0 Å². The van der Waals surface area contributed by atoms with E-state index < -0.39 is 38.7 Å². The number of aliphatic hydroxyl groups is 2. The van der Waals surface area contributed by atoms with E-state index in [9.17, 15) is 27.8 Å². The number of amides is 1. The van der Waals surface area contributed by atoms with E-state index in [4.69, 9.17) is 11.6 Å². The van der Waals surface area contributed by atoms with Gasteiger partial charge in [-0.05, 0) is 65.4 Å². The van der Waals surface area contributed by atoms with Gasteiger partial charge >= 0.3 is 0 Å². The molecule has 0 saturated carbocycles. The highest BCUT2D eigenvalue weighted by Gasteiger charge is 2.36. The first-order valence-electron chi connectivity index (χ1n) is 8.98. The molecule has 1 saturated heterocycles. The van der Waals surface area contributed by atoms with Gasteiger partial charge in [0.1, 0.15) is 10.7 Å². The van der Waals surface area contributed by atoms with E-state index in [1.807, 2.05) is 22.6 Å². The van der Waals surface area contributed by atoms with Crippen molar-refractivity contribution < 1.29 is 27.8 Å². The first kappa shape index (κ1) is 23.4. The second kappa shape index (κ2) is 9.45. The summed E-state index contributed by atoms with van der Waals surface area (Å²) in [5.74, 6) is -2.05. The summed E-state index contributed by atoms with van der Waals surface area (Å²) in [6, 6.07) is 7.97. The van der Waals surface area contributed by atoms with Gasteiger partial charge in [0.25, 0.3) is 5.91 Å². The minimum Gasteiger partial charge on any atom is -0.396 e. The molecule has 1 amide bonds. The summed E-state index contributed by atoms with van der Waals surface area (Å²) in [4.78, 5) is 11.9. The summed E-state index contributed by atoms with van der Waals surface area (Å²) in [7, 11) is -4.28. The van der Waals surface area contributed by atoms with Crippen molar-refractivity contribution >= 4 is 55.8 Å². The molecule has 0 bridgehead atoms. The molecule has 2 aromatic carbocycles. The maximum atomic E-state index is 14.4. The molecule has 3 rings (SSSR count). The van der Waals surface area contributed by atoms with Gasteiger partial charge < -0.3 is 15.5 Å². The van der Waals surface area contributed by atoms with Crippen LogP contribution in [-0.4, -0.2) is 54.6 Å². The Hall–Kier alpha value is -1.31. The second-order valence-electron chi connectivity index (χ2n) is 6.89. The lowest BCUT2D eigenvalue weighted by Gasteiger charge is -2.34. The van der Waals surface area contributed by atoms with Crippen LogP contribution in [-0.2, 0) is 10.0 Å². The summed E-state index contributed by atoms with van der Waals surface area (Å²) in [6.07, 6.45) is -0.814. The topological polar surface area (TPSA) is 107 Å². The van der Waals surface area contributed by atoms with Crippen LogP contribution in [0, 0.1) is 15.3 Å². The summed E-state index contributed by atoms with van der Waals surface area (Å²) < 4.78 is 42.0. The predicted molar refractivity (Wildman–Crippen MR) is 118 cm³/mol. The Kier molecular flexibility index (Phi) is 7.36. The predicted octanol–water partition coefficient (Wildman–Crippen LogP) is 2.70. The molecule has 1 aliphatic heterocycles. The first-order chi connectivity index (χ1) is 14.1. The average Bonchev–Trinajstić information content (AvgIpc) is 2.70. The number of hydrogen-bond donors (Lipinski definition) is 3. The molecule has 2 aromatic rings. The van der Waals surface area contributed by atoms with Gasteiger partial charge in [0.2, 0.25) is 10.0 Å². The molecular weight excluding hydrogens is 550 g/mol. The molecule has 162 valence electrons. The Morgan fingerprint density at radius 2 is 2.03 bits per heavy atom. The SMILES string of the molecule is O=C(Nc1ccc(I)c(Cl)c1)c1ccc(F)c(S(=O)(=O)N2CCC(CO)C(O)C2)c1. The van der Waals surface area contributed by atoms with Crippen molar-refractivity contribution in [2.45, 2.75) is 17.4 Å². The van der Waals surface area contributed by atoms with Crippen LogP contribution < -0.4 is 5.32 Å². The van der Waals surface area contributed by atoms with E-state index in [0.29, 0.717) is 10.7 Å². The van der Waals surface area contributed by atoms with E-state index in [-0.39, 0.29) is 31.7 Å². The van der Waals surface area contributed by atoms with Crippen molar-refractivity contribution in [1.82, 2.24) is 4.31 Å². The van der Waals surface area contributed by atoms with Crippen molar-refractivity contribution in [3.63, 3.8) is 0 Å². The van der Waals surface area contributed by atoms with Gasteiger partial charge in [0.05, 0.1) is 11.1 Å². The van der Waals surface area contributed by atoms with Gasteiger partial charge in [-0.3, -0.25) is 4.79 Å². The van der Waals surface area contributed by atoms with E-state index in [0.717, 1.165) is 20.0 Å². The van der Waals surface area contributed by atoms with E-state index in [1.165, 1.54) is 6.07 Å². The third-order valence-corrected chi connectivity index (χ3v) is 8.36. The van der Waals surface area contributed by atoms with Gasteiger partial charge in [0, 0.05) is 40.4 Å². The largest absolute Gasteiger partial charge is 0.396 e. The minimum atomic E-state index is -4.28. The minimum absolute atomic E-state index is 0.0294. The molecule has 0 spiro atoms. The summed E-state index contributed by atoms with van der Waals surface area (Å²) >= 11 is 8.08. The highest BCUT2D eigenvalue weighted by Crippen LogP contribution is 2.27. The number of carbonyl (C=O) groups is 1. The van der Waals surface area contributed by atoms with Crippen molar-refractivity contribution in [3.05, 3.63) is 56.4 Å². The van der Waals surface area contributed by atoms with E-state index >= 15 is 0 Å². The van der Waals surface area contributed by atoms with Gasteiger partial charge in [0.15, 0.2) is 0 Å². The number of anilines is 1. The molecule has 30 heavy (non-hydrogen) atoms. The van der Waals surface area contributed by atoms with Gasteiger partial charge in [-0.1, -0.05) is 11.6 Å². The Morgan fingerprint density at radius 3 is 2.67 bits per heavy atom. The lowest BCUT2D eigenvalue weighted by Crippen LogP contribution is -2.47. The zero-order valence-corrected chi connectivity index (χ0v) is 19.3. The van der Waals surface area contributed by atoms with Crippen LogP contribution in [0.25, 0.3) is 0 Å². The lowest BCUT2D eigenvalue weighted by molar-refractivity contribution is 0.0221. The molecule has 0 aliphatic carbocycles. The number of nitrogens with one attached hydrogen (secondary N) is 1. The average molecular weight is 569 g/mol. The van der Waals surface area contributed by atoms with Crippen molar-refractivity contribution in [2.75, 3.05) is 25.0 Å². The third-order valence-electron chi connectivity index (χ3n) is 4.91. The molecule has 0 aromatic heterocycles. The summed E-state index contributed by atoms with van der Waals surface area (Å²) in [5, 5.41) is 22.3. The second-order valence-corrected chi connectivity index (χ2v) is 10.4. The number of rotatable bonds is 5. The lowest BCUT2D eigenvalue weighted by atomic mass is 9.96. The number of piperidine rings is 1. The number of carbonyl (C=O) groups excluding carboxylic acids is 1. The molecule has 2 atom stereocenters. The highest BCUT2D eigenvalue weighted by molar-refractivity contribution is 14.1. The monoisotopic (exact) mass is 568 g/mol. The fourth-order valence-electron chi connectivity index (χ4n) is 3.14. The highest BCUT2D eigenvalue weighted by atomic mass is 127. The van der Waals surface area contributed by atoms with E-state index in [2.05, 4.69) is 5.32 Å². The van der Waals surface area contributed by atoms with Gasteiger partial charge in [-0.2, -0.15) is 4.31 Å². The molecule has 0 radical (unpaired) electrons. The number of aliphatic hydroxyl groups excluding tert-OH is 2. The third kappa shape index (κ3) is 4.94. The van der Waals surface area contributed by atoms with Crippen molar-refractivity contribution in [3.8, 4) is 0 Å². The molecule has 1 fully saturated rings. The number of benzene rings is 2. The quantitative estimate of drug-likeness (QED) is 0.481. The summed E-state index contributed by atoms with van der Waals surface area (Å²) in [5.41, 5.74) is 0.365. The van der Waals surface area contributed by atoms with Gasteiger partial charge in [-0.15, -0.1) is 0 Å². The van der Waals surface area contributed by atoms with Crippen molar-refractivity contribution in [2.24, 2.45) is 5.92 Å². The standard InChI is InChI=1S/C19H19ClFIN2O5S/c20-14-8-13(2-4-16(14)22)23-19(27)11-1-3-15(21)18(7-11)30(28,29)24-6-5-12(10-25)17(26)9-24/h1-4,7-8,12,17,25-26H,5-6,9-10H2,(H,23,27). The van der Waals surface area contributed by atoms with E-state index in [1.54, 1.807) is 18.2 Å². The number of β-amino-alcohol motifs (C(OH)–C–C–N with tert-alkyl or cyclic N) is 1. The Labute approximate surface area is 192 Å². The maximum Gasteiger partial charge on any atom is 0.255 e. The zero-order chi connectivity index (χ0) is 22.1. The molecule has 3 N–H and O–H groups in total. The van der Waals surface area contributed by atoms with Crippen LogP contribution in [0.3, 0.4) is 0 Å². The van der Waals surface area contributed by atoms with Crippen LogP contribution >= 0.6 is 34.2 Å². The molecule has 7 nitrogen and oxygen atoms in total. The zero-order valence-electron chi connectivity index (χ0n) is 15.6. The molecule has 1 heterocycles. The number of halogens is 3. The van der Waals surface area contributed by atoms with Crippen LogP contribution in [0.2, 0.25) is 5.02 Å². The summed E-state index contributed by atoms with van der Waals surface area (Å²) in [6.45, 7) is -0.492. The molecular formula is C19H19ClFIN2O5S. The van der Waals surface area contributed by atoms with Crippen LogP contribution in [0.15, 0.2) is 41.3 Å². The fraction of sp³-hybridized carbons (Fsp3) is 0.316. The Bertz CT molecular complexity index is 1070. The number of nitrogens with zero attached hydrogens (tertiary/aromatic N) is 1. The normalized spacial score (nSPS) is 20.2. The molecule has 11 heteroatoms. The fourth-order valence-corrected chi connectivity index (χ4v) is 5.22. The molecule has 2 unspecified atom stereocenters. The first-order valence-corrected chi connectivity index (χ1v) is 11.9. The maximum absolute atomic E-state index is 14.4. The smallest absolute Gasteiger partial charge is 0.255 e. The molecule has 1 aliphatic rings. The van der Waals surface area contributed by atoms with Crippen LogP contribution in [0.1, 0.15) is 16.8 Å². The van der Waals surface area contributed by atoms with Crippen molar-refractivity contribution in [1.29, 1.82) is 0 Å². The Morgan fingerprint density at radius 1 is 1.30 bits per heavy atom. The number of hydrogen-bond acceptors (Lipinski definition) is 5.